The number of hydrogen-bond donors (Lipinski definition) is 6. The quantitative estimate of drug-likeness (QED) is 0.233. The first-order valence-corrected chi connectivity index (χ1v) is 11.6. The lowest BCUT2D eigenvalue weighted by Crippen LogP contribution is -2.49. The number of nitrogens with one attached hydrogen (secondary N) is 4. The molecule has 3 aromatic rings. The lowest BCUT2D eigenvalue weighted by Gasteiger charge is -2.29. The molecule has 0 saturated heterocycles. The first-order valence-electron chi connectivity index (χ1n) is 11.6. The van der Waals surface area contributed by atoms with Gasteiger partial charge in [-0.3, -0.25) is 15.1 Å². The van der Waals surface area contributed by atoms with Gasteiger partial charge in [-0.15, -0.1) is 0 Å². The van der Waals surface area contributed by atoms with Crippen LogP contribution >= 0.6 is 0 Å². The molecule has 3 heterocycles. The number of alkyl halides is 3. The Morgan fingerprint density at radius 1 is 1.22 bits per heavy atom. The van der Waals surface area contributed by atoms with E-state index in [9.17, 15) is 28.2 Å². The van der Waals surface area contributed by atoms with Crippen molar-refractivity contribution >= 4 is 22.6 Å². The molecule has 9 nitrogen and oxygen atoms in total. The Morgan fingerprint density at radius 2 is 1.97 bits per heavy atom. The average Bonchev–Trinajstić information content (AvgIpc) is 3.41. The molecule has 0 bridgehead atoms. The SMILES string of the molecule is CC(C)[C@@H](Nc1cncc(-c2c[nH]c3ncc(C(=O)NCC4(O)CC4)cc23)c1)C(O)NCC(F)(F)F. The minimum atomic E-state index is -4.44. The van der Waals surface area contributed by atoms with Gasteiger partial charge in [-0.2, -0.15) is 13.2 Å². The predicted molar refractivity (Wildman–Crippen MR) is 128 cm³/mol. The summed E-state index contributed by atoms with van der Waals surface area (Å²) in [6.07, 6.45) is 1.76. The van der Waals surface area contributed by atoms with Crippen LogP contribution in [0, 0.1) is 5.92 Å². The molecule has 6 N–H and O–H groups in total. The van der Waals surface area contributed by atoms with Crippen LogP contribution in [0.2, 0.25) is 0 Å². The number of fused-ring (bicyclic) bond motifs is 1. The molecular formula is C24H29F3N6O3. The van der Waals surface area contributed by atoms with E-state index in [2.05, 4.69) is 30.9 Å². The summed E-state index contributed by atoms with van der Waals surface area (Å²) in [6, 6.07) is 2.74. The van der Waals surface area contributed by atoms with Gasteiger partial charge in [-0.05, 0) is 30.9 Å². The topological polar surface area (TPSA) is 135 Å². The second kappa shape index (κ2) is 10.0. The summed E-state index contributed by atoms with van der Waals surface area (Å²) in [5.41, 5.74) is 2.00. The highest BCUT2D eigenvalue weighted by molar-refractivity contribution is 6.01. The van der Waals surface area contributed by atoms with Gasteiger partial charge in [0.1, 0.15) is 11.9 Å². The minimum absolute atomic E-state index is 0.183. The molecule has 4 rings (SSSR count). The Morgan fingerprint density at radius 3 is 2.64 bits per heavy atom. The van der Waals surface area contributed by atoms with Crippen molar-refractivity contribution in [3.8, 4) is 11.1 Å². The van der Waals surface area contributed by atoms with E-state index in [-0.39, 0.29) is 18.4 Å². The number of rotatable bonds is 10. The fourth-order valence-electron chi connectivity index (χ4n) is 3.85. The fraction of sp³-hybridized carbons (Fsp3) is 0.458. The van der Waals surface area contributed by atoms with Crippen LogP contribution in [-0.4, -0.2) is 68.2 Å². The summed E-state index contributed by atoms with van der Waals surface area (Å²) in [5.74, 6) is -0.540. The molecule has 12 heteroatoms. The number of aromatic nitrogens is 3. The minimum Gasteiger partial charge on any atom is -0.388 e. The second-order valence-electron chi connectivity index (χ2n) is 9.55. The van der Waals surface area contributed by atoms with Crippen molar-refractivity contribution in [2.75, 3.05) is 18.4 Å². The maximum absolute atomic E-state index is 12.6. The van der Waals surface area contributed by atoms with Gasteiger partial charge in [0.2, 0.25) is 0 Å². The molecule has 194 valence electrons. The van der Waals surface area contributed by atoms with E-state index in [0.29, 0.717) is 40.7 Å². The number of hydrogen-bond acceptors (Lipinski definition) is 7. The third-order valence-electron chi connectivity index (χ3n) is 6.15. The van der Waals surface area contributed by atoms with E-state index in [0.717, 1.165) is 5.56 Å². The van der Waals surface area contributed by atoms with Crippen LogP contribution in [0.5, 0.6) is 0 Å². The van der Waals surface area contributed by atoms with Crippen LogP contribution in [0.3, 0.4) is 0 Å². The zero-order chi connectivity index (χ0) is 26.1. The lowest BCUT2D eigenvalue weighted by atomic mass is 10.0. The normalized spacial score (nSPS) is 16.7. The number of pyridine rings is 2. The Balaban J connectivity index is 1.53. The Hall–Kier alpha value is -3.22. The molecule has 1 aliphatic carbocycles. The van der Waals surface area contributed by atoms with Crippen molar-refractivity contribution in [3.05, 3.63) is 42.5 Å². The van der Waals surface area contributed by atoms with Crippen molar-refractivity contribution in [3.63, 3.8) is 0 Å². The number of carbonyl (C=O) groups is 1. The summed E-state index contributed by atoms with van der Waals surface area (Å²) in [5, 5.41) is 28.9. The first kappa shape index (κ1) is 25.9. The number of halogens is 3. The van der Waals surface area contributed by atoms with Crippen molar-refractivity contribution in [1.29, 1.82) is 0 Å². The summed E-state index contributed by atoms with van der Waals surface area (Å²) in [6.45, 7) is 2.44. The molecule has 1 aliphatic rings. The van der Waals surface area contributed by atoms with Crippen LogP contribution in [0.25, 0.3) is 22.2 Å². The molecule has 1 unspecified atom stereocenters. The molecular weight excluding hydrogens is 477 g/mol. The van der Waals surface area contributed by atoms with Gasteiger partial charge in [0.25, 0.3) is 5.91 Å². The first-order chi connectivity index (χ1) is 16.9. The third-order valence-corrected chi connectivity index (χ3v) is 6.15. The summed E-state index contributed by atoms with van der Waals surface area (Å²) in [4.78, 5) is 24.2. The monoisotopic (exact) mass is 506 g/mol. The number of aliphatic hydroxyl groups excluding tert-OH is 1. The van der Waals surface area contributed by atoms with E-state index in [1.807, 2.05) is 0 Å². The van der Waals surface area contributed by atoms with E-state index < -0.39 is 30.6 Å². The summed E-state index contributed by atoms with van der Waals surface area (Å²) < 4.78 is 37.7. The number of anilines is 1. The fourth-order valence-corrected chi connectivity index (χ4v) is 3.85. The largest absolute Gasteiger partial charge is 0.401 e. The molecule has 1 fully saturated rings. The molecule has 0 spiro atoms. The van der Waals surface area contributed by atoms with Crippen LogP contribution in [0.15, 0.2) is 36.9 Å². The van der Waals surface area contributed by atoms with Crippen LogP contribution < -0.4 is 16.0 Å². The van der Waals surface area contributed by atoms with Gasteiger partial charge in [0.05, 0.1) is 29.4 Å². The van der Waals surface area contributed by atoms with E-state index in [4.69, 9.17) is 0 Å². The number of aromatic amines is 1. The Bertz CT molecular complexity index is 1230. The Kier molecular flexibility index (Phi) is 7.21. The van der Waals surface area contributed by atoms with Crippen LogP contribution in [0.1, 0.15) is 37.0 Å². The highest BCUT2D eigenvalue weighted by atomic mass is 19.4. The van der Waals surface area contributed by atoms with Crippen molar-refractivity contribution in [2.24, 2.45) is 5.92 Å². The van der Waals surface area contributed by atoms with E-state index >= 15 is 0 Å². The zero-order valence-corrected chi connectivity index (χ0v) is 19.9. The molecule has 2 atom stereocenters. The van der Waals surface area contributed by atoms with Gasteiger partial charge in [0.15, 0.2) is 0 Å². The van der Waals surface area contributed by atoms with E-state index in [1.54, 1.807) is 38.4 Å². The van der Waals surface area contributed by atoms with Gasteiger partial charge in [-0.1, -0.05) is 13.8 Å². The number of aliphatic hydroxyl groups is 2. The van der Waals surface area contributed by atoms with E-state index in [1.165, 1.54) is 12.4 Å². The third kappa shape index (κ3) is 6.31. The molecule has 1 amide bonds. The maximum atomic E-state index is 12.6. The maximum Gasteiger partial charge on any atom is 0.401 e. The number of nitrogens with zero attached hydrogens (tertiary/aromatic N) is 2. The predicted octanol–water partition coefficient (Wildman–Crippen LogP) is 2.79. The lowest BCUT2D eigenvalue weighted by molar-refractivity contribution is -0.132. The number of amides is 1. The summed E-state index contributed by atoms with van der Waals surface area (Å²) in [7, 11) is 0. The zero-order valence-electron chi connectivity index (χ0n) is 19.9. The molecule has 1 saturated carbocycles. The highest BCUT2D eigenvalue weighted by Gasteiger charge is 2.40. The standard InChI is InChI=1S/C24H29F3N6O3/c1-13(2)19(22(35)32-12-24(25,26)27)33-16-5-14(7-28-9-16)18-10-30-20-17(18)6-15(8-29-20)21(34)31-11-23(36)3-4-23/h5-10,13,19,22,32-33,35-36H,3-4,11-12H2,1-2H3,(H,29,30)(H,31,34)/t19-,22?/m1/s1. The van der Waals surface area contributed by atoms with Gasteiger partial charge < -0.3 is 25.8 Å². The molecule has 0 aromatic carbocycles. The second-order valence-corrected chi connectivity index (χ2v) is 9.55. The van der Waals surface area contributed by atoms with Gasteiger partial charge in [-0.25, -0.2) is 4.98 Å². The van der Waals surface area contributed by atoms with Crippen LogP contribution in [-0.2, 0) is 0 Å². The van der Waals surface area contributed by atoms with Gasteiger partial charge in [0, 0.05) is 47.8 Å². The highest BCUT2D eigenvalue weighted by Crippen LogP contribution is 2.34. The number of H-pyrrole nitrogens is 1. The van der Waals surface area contributed by atoms with Crippen molar-refractivity contribution < 1.29 is 28.2 Å². The molecule has 36 heavy (non-hydrogen) atoms. The average molecular weight is 507 g/mol. The number of carbonyl (C=O) groups excluding carboxylic acids is 1. The smallest absolute Gasteiger partial charge is 0.388 e. The Labute approximate surface area is 205 Å². The summed E-state index contributed by atoms with van der Waals surface area (Å²) >= 11 is 0. The molecule has 0 radical (unpaired) electrons. The van der Waals surface area contributed by atoms with Crippen molar-refractivity contribution in [1.82, 2.24) is 25.6 Å². The van der Waals surface area contributed by atoms with Gasteiger partial charge >= 0.3 is 6.18 Å². The molecule has 3 aromatic heterocycles. The van der Waals surface area contributed by atoms with Crippen molar-refractivity contribution in [2.45, 2.75) is 50.7 Å². The molecule has 0 aliphatic heterocycles. The van der Waals surface area contributed by atoms with Crippen LogP contribution in [0.4, 0.5) is 18.9 Å².